The van der Waals surface area contributed by atoms with Gasteiger partial charge in [0, 0.05) is 0 Å². The van der Waals surface area contributed by atoms with Crippen LogP contribution >= 0.6 is 0 Å². The number of rotatable bonds is 1. The zero-order chi connectivity index (χ0) is 12.9. The molecule has 0 aliphatic heterocycles. The lowest BCUT2D eigenvalue weighted by Gasteiger charge is -2.11. The summed E-state index contributed by atoms with van der Waals surface area (Å²) in [5.74, 6) is 0.757. The van der Waals surface area contributed by atoms with Crippen LogP contribution in [0.2, 0.25) is 0 Å². The standard InChI is InChI=1S/C18H32/c1-2-15-18-16-13-11-9-7-5-3-4-6-8-10-12-14-17-18/h15,18H,1,3-14,16-17H2. The summed E-state index contributed by atoms with van der Waals surface area (Å²) >= 11 is 0. The van der Waals surface area contributed by atoms with Crippen LogP contribution in [0.3, 0.4) is 0 Å². The Kier molecular flexibility index (Phi) is 10.0. The van der Waals surface area contributed by atoms with Gasteiger partial charge >= 0.3 is 0 Å². The maximum atomic E-state index is 3.74. The zero-order valence-corrected chi connectivity index (χ0v) is 12.3. The molecule has 1 aliphatic carbocycles. The molecular weight excluding hydrogens is 216 g/mol. The molecular formula is C18H32. The van der Waals surface area contributed by atoms with Gasteiger partial charge in [-0.05, 0) is 24.8 Å². The fourth-order valence-electron chi connectivity index (χ4n) is 3.06. The molecule has 0 spiro atoms. The smallest absolute Gasteiger partial charge is 0.0158 e. The van der Waals surface area contributed by atoms with Gasteiger partial charge in [0.15, 0.2) is 0 Å². The van der Waals surface area contributed by atoms with Crippen molar-refractivity contribution in [3.63, 3.8) is 0 Å². The van der Waals surface area contributed by atoms with E-state index in [1.54, 1.807) is 0 Å². The highest BCUT2D eigenvalue weighted by atomic mass is 14.1. The Balaban J connectivity index is 2.26. The van der Waals surface area contributed by atoms with E-state index in [9.17, 15) is 0 Å². The summed E-state index contributed by atoms with van der Waals surface area (Å²) in [6, 6.07) is 0. The summed E-state index contributed by atoms with van der Waals surface area (Å²) < 4.78 is 0. The normalized spacial score (nSPS) is 22.4. The minimum absolute atomic E-state index is 0.757. The van der Waals surface area contributed by atoms with Crippen LogP contribution in [0.15, 0.2) is 18.4 Å². The van der Waals surface area contributed by atoms with Gasteiger partial charge in [-0.1, -0.05) is 83.6 Å². The van der Waals surface area contributed by atoms with Gasteiger partial charge in [-0.15, -0.1) is 5.73 Å². The second kappa shape index (κ2) is 11.6. The van der Waals surface area contributed by atoms with E-state index in [-0.39, 0.29) is 0 Å². The first-order valence-corrected chi connectivity index (χ1v) is 8.29. The van der Waals surface area contributed by atoms with E-state index in [0.29, 0.717) is 0 Å². The largest absolute Gasteiger partial charge is 0.133 e. The maximum Gasteiger partial charge on any atom is -0.0158 e. The molecule has 0 aromatic carbocycles. The third-order valence-corrected chi connectivity index (χ3v) is 4.25. The predicted octanol–water partition coefficient (Wildman–Crippen LogP) is 6.42. The van der Waals surface area contributed by atoms with Crippen molar-refractivity contribution in [2.75, 3.05) is 0 Å². The van der Waals surface area contributed by atoms with Gasteiger partial charge in [-0.2, -0.15) is 0 Å². The molecule has 104 valence electrons. The lowest BCUT2D eigenvalue weighted by Crippen LogP contribution is -1.97. The Hall–Kier alpha value is -0.480. The molecule has 0 aromatic rings. The summed E-state index contributed by atoms with van der Waals surface area (Å²) in [5, 5.41) is 0. The van der Waals surface area contributed by atoms with E-state index >= 15 is 0 Å². The van der Waals surface area contributed by atoms with Gasteiger partial charge in [0.1, 0.15) is 0 Å². The predicted molar refractivity (Wildman–Crippen MR) is 81.8 cm³/mol. The van der Waals surface area contributed by atoms with E-state index in [0.717, 1.165) is 5.92 Å². The minimum atomic E-state index is 0.757. The SMILES string of the molecule is C=C=CC1CCCCCCCCCCCCCC1. The third-order valence-electron chi connectivity index (χ3n) is 4.25. The molecule has 0 unspecified atom stereocenters. The number of hydrogen-bond donors (Lipinski definition) is 0. The highest BCUT2D eigenvalue weighted by molar-refractivity contribution is 4.84. The molecule has 0 nitrogen and oxygen atoms in total. The lowest BCUT2D eigenvalue weighted by atomic mass is 9.94. The molecule has 18 heavy (non-hydrogen) atoms. The summed E-state index contributed by atoms with van der Waals surface area (Å²) in [4.78, 5) is 0. The van der Waals surface area contributed by atoms with Gasteiger partial charge in [0.25, 0.3) is 0 Å². The molecule has 0 N–H and O–H groups in total. The van der Waals surface area contributed by atoms with Gasteiger partial charge in [-0.3, -0.25) is 0 Å². The first-order chi connectivity index (χ1) is 8.93. The van der Waals surface area contributed by atoms with Gasteiger partial charge < -0.3 is 0 Å². The maximum absolute atomic E-state index is 3.74. The van der Waals surface area contributed by atoms with Gasteiger partial charge in [0.05, 0.1) is 0 Å². The van der Waals surface area contributed by atoms with Crippen molar-refractivity contribution in [3.8, 4) is 0 Å². The van der Waals surface area contributed by atoms with Crippen LogP contribution in [0, 0.1) is 5.92 Å². The van der Waals surface area contributed by atoms with Crippen molar-refractivity contribution in [2.24, 2.45) is 5.92 Å². The van der Waals surface area contributed by atoms with Crippen molar-refractivity contribution < 1.29 is 0 Å². The third kappa shape index (κ3) is 8.59. The average Bonchev–Trinajstić information content (AvgIpc) is 2.39. The molecule has 0 saturated heterocycles. The van der Waals surface area contributed by atoms with E-state index < -0.39 is 0 Å². The van der Waals surface area contributed by atoms with Gasteiger partial charge in [-0.25, -0.2) is 0 Å². The van der Waals surface area contributed by atoms with E-state index in [2.05, 4.69) is 18.4 Å². The summed E-state index contributed by atoms with van der Waals surface area (Å²) in [6.45, 7) is 3.74. The van der Waals surface area contributed by atoms with E-state index in [1.807, 2.05) is 0 Å². The summed E-state index contributed by atoms with van der Waals surface area (Å²) in [6.07, 6.45) is 22.3. The van der Waals surface area contributed by atoms with Crippen LogP contribution in [0.1, 0.15) is 89.9 Å². The number of hydrogen-bond acceptors (Lipinski definition) is 0. The fraction of sp³-hybridized carbons (Fsp3) is 0.833. The Labute approximate surface area is 115 Å². The van der Waals surface area contributed by atoms with Crippen LogP contribution in [0.25, 0.3) is 0 Å². The van der Waals surface area contributed by atoms with Crippen molar-refractivity contribution in [3.05, 3.63) is 18.4 Å². The number of allylic oxidation sites excluding steroid dienone is 1. The highest BCUT2D eigenvalue weighted by Gasteiger charge is 2.05. The van der Waals surface area contributed by atoms with Crippen LogP contribution in [0.4, 0.5) is 0 Å². The summed E-state index contributed by atoms with van der Waals surface area (Å²) in [7, 11) is 0. The van der Waals surface area contributed by atoms with Gasteiger partial charge in [0.2, 0.25) is 0 Å². The lowest BCUT2D eigenvalue weighted by molar-refractivity contribution is 0.471. The quantitative estimate of drug-likeness (QED) is 0.470. The van der Waals surface area contributed by atoms with E-state index in [1.165, 1.54) is 89.9 Å². The first-order valence-electron chi connectivity index (χ1n) is 8.29. The first kappa shape index (κ1) is 15.6. The molecule has 0 amide bonds. The Bertz CT molecular complexity index is 206. The molecule has 0 radical (unpaired) electrons. The average molecular weight is 248 g/mol. The monoisotopic (exact) mass is 248 g/mol. The molecule has 0 atom stereocenters. The van der Waals surface area contributed by atoms with Crippen LogP contribution in [0.5, 0.6) is 0 Å². The molecule has 1 rings (SSSR count). The van der Waals surface area contributed by atoms with Crippen LogP contribution < -0.4 is 0 Å². The van der Waals surface area contributed by atoms with Crippen LogP contribution in [-0.4, -0.2) is 0 Å². The topological polar surface area (TPSA) is 0 Å². The second-order valence-electron chi connectivity index (χ2n) is 5.95. The van der Waals surface area contributed by atoms with Crippen molar-refractivity contribution >= 4 is 0 Å². The molecule has 0 bridgehead atoms. The van der Waals surface area contributed by atoms with E-state index in [4.69, 9.17) is 0 Å². The zero-order valence-electron chi connectivity index (χ0n) is 12.3. The minimum Gasteiger partial charge on any atom is -0.133 e. The Morgan fingerprint density at radius 2 is 0.944 bits per heavy atom. The molecule has 0 aromatic heterocycles. The Morgan fingerprint density at radius 3 is 1.28 bits per heavy atom. The fourth-order valence-corrected chi connectivity index (χ4v) is 3.06. The second-order valence-corrected chi connectivity index (χ2v) is 5.95. The van der Waals surface area contributed by atoms with Crippen molar-refractivity contribution in [1.82, 2.24) is 0 Å². The summed E-state index contributed by atoms with van der Waals surface area (Å²) in [5.41, 5.74) is 3.01. The molecule has 1 aliphatic rings. The molecule has 0 heterocycles. The highest BCUT2D eigenvalue weighted by Crippen LogP contribution is 2.21. The Morgan fingerprint density at radius 1 is 0.611 bits per heavy atom. The van der Waals surface area contributed by atoms with Crippen molar-refractivity contribution in [1.29, 1.82) is 0 Å². The van der Waals surface area contributed by atoms with Crippen molar-refractivity contribution in [2.45, 2.75) is 89.9 Å². The molecule has 0 heteroatoms. The molecule has 1 saturated carbocycles. The van der Waals surface area contributed by atoms with Crippen LogP contribution in [-0.2, 0) is 0 Å². The molecule has 1 fully saturated rings.